The lowest BCUT2D eigenvalue weighted by Crippen LogP contribution is -2.05. The van der Waals surface area contributed by atoms with Crippen LogP contribution in [0.5, 0.6) is 0 Å². The largest absolute Gasteiger partial charge is 0.463 e. The number of carbonyl (C=O) groups is 1. The molecule has 2 rings (SSSR count). The molecule has 0 amide bonds. The molecule has 0 atom stereocenters. The second-order valence-corrected chi connectivity index (χ2v) is 6.35. The van der Waals surface area contributed by atoms with E-state index in [2.05, 4.69) is 0 Å². The fraction of sp³-hybridized carbons (Fsp3) is 0.227. The first kappa shape index (κ1) is 23.3. The van der Waals surface area contributed by atoms with Gasteiger partial charge in [-0.25, -0.2) is 4.79 Å². The van der Waals surface area contributed by atoms with Crippen LogP contribution in [0.25, 0.3) is 5.57 Å². The predicted octanol–water partition coefficient (Wildman–Crippen LogP) is 6.67. The van der Waals surface area contributed by atoms with Crippen molar-refractivity contribution in [3.05, 3.63) is 88.5 Å². The standard InChI is InChI=1S/C22H18F6O2/c1-3-30-20(29)13-14(2)12-19(15-4-8-17(9-5-15)21(23,24)25)16-6-10-18(11-7-16)22(26,27)28/h4-13H,3H2,1-2H3/b14-13+. The van der Waals surface area contributed by atoms with Gasteiger partial charge in [-0.2, -0.15) is 26.3 Å². The first-order valence-electron chi connectivity index (χ1n) is 8.84. The zero-order valence-electron chi connectivity index (χ0n) is 16.1. The van der Waals surface area contributed by atoms with Gasteiger partial charge in [0.15, 0.2) is 0 Å². The number of benzene rings is 2. The van der Waals surface area contributed by atoms with Crippen LogP contribution >= 0.6 is 0 Å². The molecule has 2 aromatic carbocycles. The maximum Gasteiger partial charge on any atom is 0.416 e. The van der Waals surface area contributed by atoms with Crippen molar-refractivity contribution in [1.29, 1.82) is 0 Å². The molecule has 0 heterocycles. The van der Waals surface area contributed by atoms with E-state index in [1.54, 1.807) is 13.8 Å². The molecule has 0 fully saturated rings. The van der Waals surface area contributed by atoms with E-state index in [1.807, 2.05) is 0 Å². The highest BCUT2D eigenvalue weighted by atomic mass is 19.4. The number of esters is 1. The summed E-state index contributed by atoms with van der Waals surface area (Å²) in [7, 11) is 0. The van der Waals surface area contributed by atoms with Crippen molar-refractivity contribution in [3.63, 3.8) is 0 Å². The van der Waals surface area contributed by atoms with Crippen LogP contribution in [0.15, 0.2) is 66.3 Å². The number of rotatable bonds is 5. The molecule has 0 aromatic heterocycles. The Bertz CT molecular complexity index is 874. The molecule has 0 aliphatic rings. The Labute approximate surface area is 169 Å². The molecule has 8 heteroatoms. The minimum absolute atomic E-state index is 0.164. The zero-order valence-corrected chi connectivity index (χ0v) is 16.1. The van der Waals surface area contributed by atoms with Crippen LogP contribution in [0.4, 0.5) is 26.3 Å². The van der Waals surface area contributed by atoms with Crippen molar-refractivity contribution < 1.29 is 35.9 Å². The van der Waals surface area contributed by atoms with Crippen LogP contribution in [-0.2, 0) is 21.9 Å². The van der Waals surface area contributed by atoms with Gasteiger partial charge in [0, 0.05) is 6.08 Å². The average molecular weight is 428 g/mol. The smallest absolute Gasteiger partial charge is 0.416 e. The highest BCUT2D eigenvalue weighted by Crippen LogP contribution is 2.34. The van der Waals surface area contributed by atoms with Gasteiger partial charge in [-0.1, -0.05) is 30.3 Å². The lowest BCUT2D eigenvalue weighted by molar-refractivity contribution is -0.138. The van der Waals surface area contributed by atoms with Gasteiger partial charge in [0.2, 0.25) is 0 Å². The zero-order chi connectivity index (χ0) is 22.5. The number of carbonyl (C=O) groups excluding carboxylic acids is 1. The van der Waals surface area contributed by atoms with E-state index < -0.39 is 29.4 Å². The molecule has 0 radical (unpaired) electrons. The molecule has 0 aliphatic heterocycles. The van der Waals surface area contributed by atoms with Crippen LogP contribution in [0, 0.1) is 0 Å². The summed E-state index contributed by atoms with van der Waals surface area (Å²) in [6.45, 7) is 3.37. The van der Waals surface area contributed by atoms with E-state index in [0.717, 1.165) is 24.3 Å². The number of alkyl halides is 6. The molecule has 0 aliphatic carbocycles. The fourth-order valence-corrected chi connectivity index (χ4v) is 2.65. The molecule has 2 aromatic rings. The number of ether oxygens (including phenoxy) is 1. The maximum atomic E-state index is 12.8. The van der Waals surface area contributed by atoms with Crippen LogP contribution < -0.4 is 0 Å². The van der Waals surface area contributed by atoms with Crippen molar-refractivity contribution in [2.24, 2.45) is 0 Å². The number of halogens is 6. The van der Waals surface area contributed by atoms with Gasteiger partial charge in [-0.05, 0) is 60.4 Å². The van der Waals surface area contributed by atoms with Crippen molar-refractivity contribution in [1.82, 2.24) is 0 Å². The molecule has 0 N–H and O–H groups in total. The van der Waals surface area contributed by atoms with Crippen LogP contribution in [-0.4, -0.2) is 12.6 Å². The molecular formula is C22H18F6O2. The van der Waals surface area contributed by atoms with Gasteiger partial charge >= 0.3 is 18.3 Å². The second-order valence-electron chi connectivity index (χ2n) is 6.35. The highest BCUT2D eigenvalue weighted by Gasteiger charge is 2.31. The number of allylic oxidation sites excluding steroid dienone is 2. The second kappa shape index (κ2) is 9.19. The third-order valence-corrected chi connectivity index (χ3v) is 4.05. The van der Waals surface area contributed by atoms with Crippen molar-refractivity contribution in [2.45, 2.75) is 26.2 Å². The van der Waals surface area contributed by atoms with Crippen LogP contribution in [0.3, 0.4) is 0 Å². The van der Waals surface area contributed by atoms with E-state index >= 15 is 0 Å². The summed E-state index contributed by atoms with van der Waals surface area (Å²) in [6, 6.07) is 8.45. The van der Waals surface area contributed by atoms with E-state index in [0.29, 0.717) is 22.3 Å². The summed E-state index contributed by atoms with van der Waals surface area (Å²) in [6.07, 6.45) is -6.34. The third kappa shape index (κ3) is 6.23. The summed E-state index contributed by atoms with van der Waals surface area (Å²) in [5.74, 6) is -0.606. The molecule has 160 valence electrons. The lowest BCUT2D eigenvalue weighted by Gasteiger charge is -2.13. The number of hydrogen-bond donors (Lipinski definition) is 0. The van der Waals surface area contributed by atoms with Crippen LogP contribution in [0.2, 0.25) is 0 Å². The van der Waals surface area contributed by atoms with Crippen molar-refractivity contribution >= 4 is 11.5 Å². The minimum atomic E-state index is -4.52. The van der Waals surface area contributed by atoms with E-state index in [-0.39, 0.29) is 6.61 Å². The minimum Gasteiger partial charge on any atom is -0.463 e. The van der Waals surface area contributed by atoms with E-state index in [9.17, 15) is 31.1 Å². The monoisotopic (exact) mass is 428 g/mol. The Morgan fingerprint density at radius 1 is 0.800 bits per heavy atom. The topological polar surface area (TPSA) is 26.3 Å². The van der Waals surface area contributed by atoms with Gasteiger partial charge in [0.1, 0.15) is 0 Å². The van der Waals surface area contributed by atoms with Gasteiger partial charge in [-0.3, -0.25) is 0 Å². The molecule has 0 saturated heterocycles. The third-order valence-electron chi connectivity index (χ3n) is 4.05. The van der Waals surface area contributed by atoms with Crippen molar-refractivity contribution in [3.8, 4) is 0 Å². The summed E-state index contributed by atoms with van der Waals surface area (Å²) >= 11 is 0. The Balaban J connectivity index is 2.53. The van der Waals surface area contributed by atoms with Gasteiger partial charge in [0.05, 0.1) is 17.7 Å². The number of hydrogen-bond acceptors (Lipinski definition) is 2. The molecule has 2 nitrogen and oxygen atoms in total. The van der Waals surface area contributed by atoms with E-state index in [1.165, 1.54) is 36.4 Å². The summed E-state index contributed by atoms with van der Waals surface area (Å²) in [4.78, 5) is 11.6. The predicted molar refractivity (Wildman–Crippen MR) is 100 cm³/mol. The molecule has 0 bridgehead atoms. The quantitative estimate of drug-likeness (QED) is 0.230. The van der Waals surface area contributed by atoms with Gasteiger partial charge < -0.3 is 4.74 Å². The molecule has 0 unspecified atom stereocenters. The summed E-state index contributed by atoms with van der Waals surface area (Å²) in [5.41, 5.74) is -0.230. The highest BCUT2D eigenvalue weighted by molar-refractivity contribution is 5.86. The maximum absolute atomic E-state index is 12.8. The molecule has 0 spiro atoms. The normalized spacial score (nSPS) is 12.5. The Morgan fingerprint density at radius 3 is 1.53 bits per heavy atom. The average Bonchev–Trinajstić information content (AvgIpc) is 2.65. The van der Waals surface area contributed by atoms with Crippen molar-refractivity contribution in [2.75, 3.05) is 6.61 Å². The van der Waals surface area contributed by atoms with Crippen LogP contribution in [0.1, 0.15) is 36.1 Å². The lowest BCUT2D eigenvalue weighted by atomic mass is 9.94. The Kier molecular flexibility index (Phi) is 7.12. The van der Waals surface area contributed by atoms with Gasteiger partial charge in [0.25, 0.3) is 0 Å². The Morgan fingerprint density at radius 2 is 1.20 bits per heavy atom. The fourth-order valence-electron chi connectivity index (χ4n) is 2.65. The summed E-state index contributed by atoms with van der Waals surface area (Å²) < 4.78 is 81.9. The summed E-state index contributed by atoms with van der Waals surface area (Å²) in [5, 5.41) is 0. The molecule has 0 saturated carbocycles. The SMILES string of the molecule is CCOC(=O)/C=C(\C)C=C(c1ccc(C(F)(F)F)cc1)c1ccc(C(F)(F)F)cc1. The van der Waals surface area contributed by atoms with E-state index in [4.69, 9.17) is 4.74 Å². The van der Waals surface area contributed by atoms with Gasteiger partial charge in [-0.15, -0.1) is 0 Å². The Hall–Kier alpha value is -3.03. The molecular weight excluding hydrogens is 410 g/mol. The first-order valence-corrected chi connectivity index (χ1v) is 8.84. The first-order chi connectivity index (χ1) is 13.9. The molecule has 30 heavy (non-hydrogen) atoms.